The van der Waals surface area contributed by atoms with Crippen LogP contribution in [0.1, 0.15) is 121 Å². The number of nitrogens with zero attached hydrogens (tertiary/aromatic N) is 2. The van der Waals surface area contributed by atoms with Crippen LogP contribution in [0.4, 0.5) is 4.79 Å². The molecule has 0 aromatic rings. The van der Waals surface area contributed by atoms with Gasteiger partial charge in [-0.1, -0.05) is 67.9 Å². The second-order valence-corrected chi connectivity index (χ2v) is 21.8. The number of hydrogen-bond acceptors (Lipinski definition) is 8. The molecule has 5 aliphatic rings. The average molecular weight is 777 g/mol. The molecule has 4 N–H and O–H groups in total. The van der Waals surface area contributed by atoms with Crippen LogP contribution in [0, 0.1) is 33.0 Å². The third kappa shape index (κ3) is 7.16. The van der Waals surface area contributed by atoms with Gasteiger partial charge in [0.1, 0.15) is 29.3 Å². The van der Waals surface area contributed by atoms with Gasteiger partial charge >= 0.3 is 16.3 Å². The second-order valence-electron chi connectivity index (χ2n) is 20.1. The fourth-order valence-electron chi connectivity index (χ4n) is 9.74. The van der Waals surface area contributed by atoms with Crippen molar-refractivity contribution in [2.24, 2.45) is 33.0 Å². The maximum atomic E-state index is 15.0. The summed E-state index contributed by atoms with van der Waals surface area (Å²) in [6, 6.07) is -3.14. The molecule has 14 nitrogen and oxygen atoms in total. The Morgan fingerprint density at radius 1 is 0.833 bits per heavy atom. The van der Waals surface area contributed by atoms with Crippen molar-refractivity contribution < 1.29 is 37.1 Å². The summed E-state index contributed by atoms with van der Waals surface area (Å²) in [4.78, 5) is 71.8. The van der Waals surface area contributed by atoms with Gasteiger partial charge in [-0.05, 0) is 81.0 Å². The van der Waals surface area contributed by atoms with Crippen LogP contribution in [0.5, 0.6) is 0 Å². The summed E-state index contributed by atoms with van der Waals surface area (Å²) in [5, 5.41) is 8.56. The Morgan fingerprint density at radius 2 is 1.41 bits per heavy atom. The summed E-state index contributed by atoms with van der Waals surface area (Å²) in [6.45, 7) is 25.2. The van der Waals surface area contributed by atoms with Crippen molar-refractivity contribution >= 4 is 39.9 Å². The van der Waals surface area contributed by atoms with Gasteiger partial charge in [-0.3, -0.25) is 19.2 Å². The van der Waals surface area contributed by atoms with E-state index in [1.807, 2.05) is 20.8 Å². The Morgan fingerprint density at radius 3 is 1.85 bits per heavy atom. The first-order valence-electron chi connectivity index (χ1n) is 19.5. The number of fused-ring (bicyclic) bond motifs is 1. The lowest BCUT2D eigenvalue weighted by Crippen LogP contribution is -2.63. The Bertz CT molecular complexity index is 1680. The number of hydrogen-bond donors (Lipinski definition) is 4. The molecule has 6 atom stereocenters. The Labute approximate surface area is 321 Å². The molecule has 0 unspecified atom stereocenters. The quantitative estimate of drug-likeness (QED) is 0.242. The third-order valence-corrected chi connectivity index (χ3v) is 14.8. The van der Waals surface area contributed by atoms with Gasteiger partial charge in [-0.2, -0.15) is 12.7 Å². The smallest absolute Gasteiger partial charge is 0.408 e. The highest BCUT2D eigenvalue weighted by Crippen LogP contribution is 2.88. The second kappa shape index (κ2) is 13.5. The van der Waals surface area contributed by atoms with Crippen LogP contribution in [-0.4, -0.2) is 96.2 Å². The van der Waals surface area contributed by atoms with E-state index in [2.05, 4.69) is 41.1 Å². The number of carbonyl (C=O) groups is 5. The van der Waals surface area contributed by atoms with Crippen LogP contribution in [-0.2, 0) is 34.1 Å². The van der Waals surface area contributed by atoms with Gasteiger partial charge < -0.3 is 25.6 Å². The van der Waals surface area contributed by atoms with Crippen LogP contribution in [0.2, 0.25) is 0 Å². The molecular weight excluding hydrogens is 713 g/mol. The molecule has 0 aromatic carbocycles. The van der Waals surface area contributed by atoms with E-state index in [1.54, 1.807) is 46.4 Å². The van der Waals surface area contributed by atoms with Crippen LogP contribution in [0.3, 0.4) is 0 Å². The van der Waals surface area contributed by atoms with Gasteiger partial charge in [0.15, 0.2) is 0 Å². The van der Waals surface area contributed by atoms with Crippen molar-refractivity contribution in [3.8, 4) is 0 Å². The van der Waals surface area contributed by atoms with Crippen molar-refractivity contribution in [2.75, 3.05) is 19.6 Å². The Balaban J connectivity index is 1.44. The number of rotatable bonds is 10. The van der Waals surface area contributed by atoms with E-state index in [1.165, 1.54) is 10.4 Å². The minimum absolute atomic E-state index is 0.0369. The van der Waals surface area contributed by atoms with Gasteiger partial charge in [-0.25, -0.2) is 9.52 Å². The molecule has 304 valence electrons. The van der Waals surface area contributed by atoms with Gasteiger partial charge in [0, 0.05) is 31.0 Å². The van der Waals surface area contributed by atoms with E-state index in [4.69, 9.17) is 4.74 Å². The average Bonchev–Trinajstić information content (AvgIpc) is 3.47. The summed E-state index contributed by atoms with van der Waals surface area (Å²) in [5.41, 5.74) is -4.46. The standard InChI is InChI=1S/C39H64N6O8S/c1-13-24-21-39(24,31(49)43-54(51,52)44-19-14-15-20-44)42-28(46)25-22-38(36(11,12)37(38)17-16-18-37)23-45(25)30(48)27(34(5,6)7)40-29(47)26(33(2,3)4)41-32(50)53-35(8,9)10/h13,24-27H,1,14-23H2,2-12H3,(H,40,47)(H,41,50)(H,42,46)(H,43,49)/t24-,25+,26-,27-,38-,39-/m1/s1. The van der Waals surface area contributed by atoms with Gasteiger partial charge in [0.25, 0.3) is 5.91 Å². The number of nitrogens with one attached hydrogen (secondary N) is 4. The lowest BCUT2D eigenvalue weighted by atomic mass is 9.73. The predicted molar refractivity (Wildman–Crippen MR) is 204 cm³/mol. The van der Waals surface area contributed by atoms with E-state index in [0.29, 0.717) is 38.9 Å². The summed E-state index contributed by atoms with van der Waals surface area (Å²) < 4.78 is 35.1. The van der Waals surface area contributed by atoms with Crippen LogP contribution in [0.15, 0.2) is 12.7 Å². The first-order chi connectivity index (χ1) is 24.6. The van der Waals surface area contributed by atoms with Crippen molar-refractivity contribution in [1.82, 2.24) is 29.9 Å². The third-order valence-electron chi connectivity index (χ3n) is 13.3. The van der Waals surface area contributed by atoms with Gasteiger partial charge in [0.2, 0.25) is 17.7 Å². The molecule has 0 aromatic heterocycles. The highest BCUT2D eigenvalue weighted by Gasteiger charge is 2.85. The van der Waals surface area contributed by atoms with Crippen molar-refractivity contribution in [3.63, 3.8) is 0 Å². The topological polar surface area (TPSA) is 183 Å². The molecule has 54 heavy (non-hydrogen) atoms. The first kappa shape index (κ1) is 42.0. The summed E-state index contributed by atoms with van der Waals surface area (Å²) in [7, 11) is -4.11. The molecule has 2 aliphatic heterocycles. The van der Waals surface area contributed by atoms with E-state index < -0.39 is 85.9 Å². The van der Waals surface area contributed by atoms with Gasteiger partial charge in [0.05, 0.1) is 0 Å². The lowest BCUT2D eigenvalue weighted by molar-refractivity contribution is -0.145. The van der Waals surface area contributed by atoms with Crippen molar-refractivity contribution in [2.45, 2.75) is 150 Å². The number of carbonyl (C=O) groups excluding carboxylic acids is 5. The fourth-order valence-corrected chi connectivity index (χ4v) is 11.0. The zero-order valence-electron chi connectivity index (χ0n) is 34.2. The molecule has 5 amide bonds. The van der Waals surface area contributed by atoms with E-state index in [0.717, 1.165) is 19.3 Å². The molecule has 2 spiro atoms. The molecule has 0 bridgehead atoms. The lowest BCUT2D eigenvalue weighted by Gasteiger charge is -2.38. The number of amides is 5. The highest BCUT2D eigenvalue weighted by atomic mass is 32.2. The Hall–Kier alpha value is -3.20. The summed E-state index contributed by atoms with van der Waals surface area (Å²) in [6.07, 6.45) is 5.74. The fraction of sp³-hybridized carbons (Fsp3) is 0.821. The number of likely N-dealkylation sites (tertiary alicyclic amines) is 1. The van der Waals surface area contributed by atoms with Crippen LogP contribution < -0.4 is 20.7 Å². The minimum atomic E-state index is -4.11. The molecule has 3 saturated carbocycles. The SMILES string of the molecule is C=C[C@@H]1C[C@]1(NC(=O)[C@@H]1C[C@@]2(CN1C(=O)[C@@H](NC(=O)[C@@H](NC(=O)OC(C)(C)C)C(C)(C)C)C(C)(C)C)C(C)(C)C21CCC1)C(=O)NS(=O)(=O)N1CCCC1. The zero-order chi connectivity index (χ0) is 40.7. The maximum absolute atomic E-state index is 15.0. The highest BCUT2D eigenvalue weighted by molar-refractivity contribution is 7.87. The molecule has 15 heteroatoms. The molecule has 3 aliphatic carbocycles. The van der Waals surface area contributed by atoms with Gasteiger partial charge in [-0.15, -0.1) is 6.58 Å². The molecule has 2 saturated heterocycles. The normalized spacial score (nSPS) is 29.8. The maximum Gasteiger partial charge on any atom is 0.408 e. The molecule has 2 heterocycles. The molecule has 5 fully saturated rings. The molecule has 0 radical (unpaired) electrons. The van der Waals surface area contributed by atoms with Crippen molar-refractivity contribution in [3.05, 3.63) is 12.7 Å². The Kier molecular flexibility index (Phi) is 10.5. The molecule has 5 rings (SSSR count). The molecular formula is C39H64N6O8S. The van der Waals surface area contributed by atoms with E-state index >= 15 is 0 Å². The van der Waals surface area contributed by atoms with Crippen molar-refractivity contribution in [1.29, 1.82) is 0 Å². The van der Waals surface area contributed by atoms with Crippen LogP contribution in [0.25, 0.3) is 0 Å². The monoisotopic (exact) mass is 776 g/mol. The first-order valence-corrected chi connectivity index (χ1v) is 20.9. The summed E-state index contributed by atoms with van der Waals surface area (Å²) >= 11 is 0. The van der Waals surface area contributed by atoms with Crippen LogP contribution >= 0.6 is 0 Å². The van der Waals surface area contributed by atoms with E-state index in [-0.39, 0.29) is 22.7 Å². The minimum Gasteiger partial charge on any atom is -0.444 e. The summed E-state index contributed by atoms with van der Waals surface area (Å²) in [5.74, 6) is -2.89. The zero-order valence-corrected chi connectivity index (χ0v) is 35.1. The van der Waals surface area contributed by atoms with E-state index in [9.17, 15) is 32.4 Å². The number of ether oxygens (including phenoxy) is 1. The largest absolute Gasteiger partial charge is 0.444 e. The number of alkyl carbamates (subject to hydrolysis) is 1. The predicted octanol–water partition coefficient (Wildman–Crippen LogP) is 3.77.